The van der Waals surface area contributed by atoms with E-state index < -0.39 is 6.09 Å². The highest BCUT2D eigenvalue weighted by atomic mass is 16.5. The van der Waals surface area contributed by atoms with Crippen LogP contribution in [0.25, 0.3) is 11.1 Å². The summed E-state index contributed by atoms with van der Waals surface area (Å²) in [5.74, 6) is 0.646. The fourth-order valence-corrected chi connectivity index (χ4v) is 3.31. The van der Waals surface area contributed by atoms with Gasteiger partial charge in [-0.25, -0.2) is 9.78 Å². The monoisotopic (exact) mass is 334 g/mol. The van der Waals surface area contributed by atoms with Crippen molar-refractivity contribution < 1.29 is 9.53 Å². The lowest BCUT2D eigenvalue weighted by Gasteiger charge is -2.16. The number of fused-ring (bicyclic) bond motifs is 3. The van der Waals surface area contributed by atoms with Crippen molar-refractivity contribution in [1.82, 2.24) is 20.5 Å². The van der Waals surface area contributed by atoms with Crippen molar-refractivity contribution in [2.24, 2.45) is 0 Å². The summed E-state index contributed by atoms with van der Waals surface area (Å²) in [5, 5.41) is 9.27. The van der Waals surface area contributed by atoms with Gasteiger partial charge in [0, 0.05) is 5.92 Å². The lowest BCUT2D eigenvalue weighted by molar-refractivity contribution is 0.139. The molecular formula is C19H18N4O2. The number of amides is 1. The molecule has 1 unspecified atom stereocenters. The van der Waals surface area contributed by atoms with Crippen LogP contribution >= 0.6 is 0 Å². The van der Waals surface area contributed by atoms with Crippen molar-refractivity contribution in [3.05, 3.63) is 71.8 Å². The fraction of sp³-hybridized carbons (Fsp3) is 0.211. The van der Waals surface area contributed by atoms with Gasteiger partial charge in [0.1, 0.15) is 18.8 Å². The summed E-state index contributed by atoms with van der Waals surface area (Å²) in [7, 11) is 0. The molecule has 6 nitrogen and oxygen atoms in total. The summed E-state index contributed by atoms with van der Waals surface area (Å²) in [5.41, 5.74) is 4.81. The second-order valence-electron chi connectivity index (χ2n) is 6.06. The fourth-order valence-electron chi connectivity index (χ4n) is 3.31. The standard InChI is InChI=1S/C19H18N4O2/c1-12(18-20-11-21-23-18)22-19(24)25-10-17-15-8-4-2-6-13(15)14-7-3-5-9-16(14)17/h2-9,11-12,17H,10H2,1H3,(H,22,24)(H,20,21,23). The Morgan fingerprint density at radius 1 is 1.16 bits per heavy atom. The van der Waals surface area contributed by atoms with Gasteiger partial charge < -0.3 is 10.1 Å². The predicted molar refractivity (Wildman–Crippen MR) is 93.0 cm³/mol. The quantitative estimate of drug-likeness (QED) is 0.766. The summed E-state index contributed by atoms with van der Waals surface area (Å²) in [6.07, 6.45) is 0.941. The van der Waals surface area contributed by atoms with Crippen LogP contribution in [0.1, 0.15) is 35.8 Å². The van der Waals surface area contributed by atoms with E-state index in [1.807, 2.05) is 31.2 Å². The largest absolute Gasteiger partial charge is 0.449 e. The topological polar surface area (TPSA) is 79.9 Å². The molecule has 1 atom stereocenters. The number of rotatable bonds is 4. The highest BCUT2D eigenvalue weighted by Crippen LogP contribution is 2.44. The van der Waals surface area contributed by atoms with Crippen LogP contribution in [0.4, 0.5) is 4.79 Å². The number of hydrogen-bond donors (Lipinski definition) is 2. The zero-order valence-electron chi connectivity index (χ0n) is 13.8. The predicted octanol–water partition coefficient (Wildman–Crippen LogP) is 3.40. The molecule has 1 aliphatic carbocycles. The van der Waals surface area contributed by atoms with Crippen LogP contribution in [0.2, 0.25) is 0 Å². The van der Waals surface area contributed by atoms with Crippen molar-refractivity contribution in [3.63, 3.8) is 0 Å². The maximum Gasteiger partial charge on any atom is 0.407 e. The number of carbonyl (C=O) groups excluding carboxylic acids is 1. The second kappa shape index (κ2) is 6.39. The Hall–Kier alpha value is -3.15. The van der Waals surface area contributed by atoms with Crippen molar-refractivity contribution in [2.75, 3.05) is 6.61 Å². The number of benzene rings is 2. The van der Waals surface area contributed by atoms with Gasteiger partial charge >= 0.3 is 6.09 Å². The summed E-state index contributed by atoms with van der Waals surface area (Å²) in [4.78, 5) is 16.2. The number of aromatic amines is 1. The first-order valence-corrected chi connectivity index (χ1v) is 8.21. The molecule has 1 aliphatic rings. The van der Waals surface area contributed by atoms with E-state index in [2.05, 4.69) is 44.8 Å². The first-order chi connectivity index (χ1) is 12.2. The molecule has 3 aromatic rings. The van der Waals surface area contributed by atoms with Crippen molar-refractivity contribution >= 4 is 6.09 Å². The van der Waals surface area contributed by atoms with Gasteiger partial charge in [-0.15, -0.1) is 0 Å². The van der Waals surface area contributed by atoms with Gasteiger partial charge in [0.15, 0.2) is 0 Å². The van der Waals surface area contributed by atoms with E-state index in [4.69, 9.17) is 4.74 Å². The summed E-state index contributed by atoms with van der Waals surface area (Å²) in [6.45, 7) is 2.12. The molecule has 2 N–H and O–H groups in total. The normalized spacial score (nSPS) is 13.8. The minimum atomic E-state index is -0.467. The summed E-state index contributed by atoms with van der Waals surface area (Å²) < 4.78 is 5.50. The highest BCUT2D eigenvalue weighted by molar-refractivity contribution is 5.79. The van der Waals surface area contributed by atoms with Gasteiger partial charge in [-0.05, 0) is 29.2 Å². The van der Waals surface area contributed by atoms with Gasteiger partial charge in [-0.2, -0.15) is 5.10 Å². The molecule has 1 heterocycles. The van der Waals surface area contributed by atoms with Crippen molar-refractivity contribution in [1.29, 1.82) is 0 Å². The van der Waals surface area contributed by atoms with Crippen LogP contribution in [-0.2, 0) is 4.74 Å². The molecule has 0 saturated carbocycles. The molecule has 0 radical (unpaired) electrons. The maximum atomic E-state index is 12.1. The Kier molecular flexibility index (Phi) is 3.93. The van der Waals surface area contributed by atoms with Crippen LogP contribution in [0, 0.1) is 0 Å². The molecule has 4 rings (SSSR count). The molecule has 25 heavy (non-hydrogen) atoms. The lowest BCUT2D eigenvalue weighted by atomic mass is 9.98. The average Bonchev–Trinajstić information content (AvgIpc) is 3.27. The van der Waals surface area contributed by atoms with E-state index in [0.29, 0.717) is 12.4 Å². The number of H-pyrrole nitrogens is 1. The first kappa shape index (κ1) is 15.4. The van der Waals surface area contributed by atoms with Crippen LogP contribution in [0.5, 0.6) is 0 Å². The van der Waals surface area contributed by atoms with Crippen LogP contribution in [0.3, 0.4) is 0 Å². The molecule has 0 fully saturated rings. The molecule has 0 aliphatic heterocycles. The van der Waals surface area contributed by atoms with Gasteiger partial charge in [0.25, 0.3) is 0 Å². The average molecular weight is 334 g/mol. The zero-order chi connectivity index (χ0) is 17.2. The number of hydrogen-bond acceptors (Lipinski definition) is 4. The van der Waals surface area contributed by atoms with Crippen molar-refractivity contribution in [2.45, 2.75) is 18.9 Å². The molecule has 6 heteroatoms. The van der Waals surface area contributed by atoms with Gasteiger partial charge in [-0.1, -0.05) is 48.5 Å². The van der Waals surface area contributed by atoms with Gasteiger partial charge in [-0.3, -0.25) is 5.10 Å². The van der Waals surface area contributed by atoms with E-state index in [1.54, 1.807) is 0 Å². The SMILES string of the molecule is CC(NC(=O)OCC1c2ccccc2-c2ccccc21)c1ncn[nH]1. The molecule has 0 bridgehead atoms. The number of ether oxygens (including phenoxy) is 1. The van der Waals surface area contributed by atoms with E-state index in [-0.39, 0.29) is 12.0 Å². The van der Waals surface area contributed by atoms with Gasteiger partial charge in [0.05, 0.1) is 6.04 Å². The number of nitrogens with zero attached hydrogens (tertiary/aromatic N) is 2. The molecule has 2 aromatic carbocycles. The van der Waals surface area contributed by atoms with E-state index >= 15 is 0 Å². The number of carbonyl (C=O) groups is 1. The summed E-state index contributed by atoms with van der Waals surface area (Å²) in [6, 6.07) is 16.2. The van der Waals surface area contributed by atoms with E-state index in [0.717, 1.165) is 0 Å². The number of nitrogens with one attached hydrogen (secondary N) is 2. The minimum absolute atomic E-state index is 0.0544. The molecule has 0 saturated heterocycles. The van der Waals surface area contributed by atoms with Crippen LogP contribution in [-0.4, -0.2) is 27.9 Å². The van der Waals surface area contributed by atoms with E-state index in [9.17, 15) is 4.79 Å². The number of aromatic nitrogens is 3. The molecular weight excluding hydrogens is 316 g/mol. The molecule has 1 amide bonds. The minimum Gasteiger partial charge on any atom is -0.449 e. The second-order valence-corrected chi connectivity index (χ2v) is 6.06. The molecule has 126 valence electrons. The van der Waals surface area contributed by atoms with Crippen LogP contribution in [0.15, 0.2) is 54.9 Å². The Labute approximate surface area is 145 Å². The Morgan fingerprint density at radius 2 is 1.80 bits per heavy atom. The smallest absolute Gasteiger partial charge is 0.407 e. The summed E-state index contributed by atoms with van der Waals surface area (Å²) >= 11 is 0. The van der Waals surface area contributed by atoms with Crippen molar-refractivity contribution in [3.8, 4) is 11.1 Å². The van der Waals surface area contributed by atoms with Crippen LogP contribution < -0.4 is 5.32 Å². The Bertz CT molecular complexity index is 846. The lowest BCUT2D eigenvalue weighted by Crippen LogP contribution is -2.29. The highest BCUT2D eigenvalue weighted by Gasteiger charge is 2.29. The van der Waals surface area contributed by atoms with E-state index in [1.165, 1.54) is 28.6 Å². The third kappa shape index (κ3) is 2.87. The molecule has 1 aromatic heterocycles. The third-order valence-corrected chi connectivity index (χ3v) is 4.52. The Balaban J connectivity index is 1.47. The molecule has 0 spiro atoms. The maximum absolute atomic E-state index is 12.1. The Morgan fingerprint density at radius 3 is 2.40 bits per heavy atom. The van der Waals surface area contributed by atoms with Gasteiger partial charge in [0.2, 0.25) is 0 Å². The zero-order valence-corrected chi connectivity index (χ0v) is 13.8. The first-order valence-electron chi connectivity index (χ1n) is 8.21. The third-order valence-electron chi connectivity index (χ3n) is 4.52. The number of alkyl carbamates (subject to hydrolysis) is 1.